The van der Waals surface area contributed by atoms with Gasteiger partial charge >= 0.3 is 0 Å². The van der Waals surface area contributed by atoms with E-state index in [-0.39, 0.29) is 5.91 Å². The van der Waals surface area contributed by atoms with E-state index < -0.39 is 0 Å². The first-order chi connectivity index (χ1) is 19.4. The zero-order valence-electron chi connectivity index (χ0n) is 24.2. The molecule has 2 aliphatic heterocycles. The van der Waals surface area contributed by atoms with Crippen molar-refractivity contribution in [2.75, 3.05) is 65.3 Å². The predicted molar refractivity (Wildman–Crippen MR) is 164 cm³/mol. The third-order valence-corrected chi connectivity index (χ3v) is 8.90. The van der Waals surface area contributed by atoms with Crippen molar-refractivity contribution in [3.05, 3.63) is 72.1 Å². The standard InChI is InChI=1S/C33H40N6O/c1-23-19-26(9-10-31(23)39-17-15-37(3)16-18-39)27-20-29-30(22-35-32(29)34-21-27)24-5-7-25(8-6-24)33(40)38(4)28-11-13-36(2)14-12-28/h5-10,19-22,28H,11-18H2,1-4H3,(H,34,35). The van der Waals surface area contributed by atoms with Crippen LogP contribution in [0.3, 0.4) is 0 Å². The number of likely N-dealkylation sites (tertiary alicyclic amines) is 1. The van der Waals surface area contributed by atoms with Crippen molar-refractivity contribution in [1.29, 1.82) is 0 Å². The minimum Gasteiger partial charge on any atom is -0.369 e. The fourth-order valence-electron chi connectivity index (χ4n) is 6.18. The van der Waals surface area contributed by atoms with E-state index in [1.807, 2.05) is 36.5 Å². The molecule has 0 spiro atoms. The molecule has 0 saturated carbocycles. The van der Waals surface area contributed by atoms with Crippen LogP contribution < -0.4 is 4.90 Å². The Morgan fingerprint density at radius 3 is 2.25 bits per heavy atom. The first kappa shape index (κ1) is 26.5. The average molecular weight is 537 g/mol. The van der Waals surface area contributed by atoms with Crippen molar-refractivity contribution >= 4 is 22.6 Å². The normalized spacial score (nSPS) is 17.4. The molecule has 4 aromatic rings. The summed E-state index contributed by atoms with van der Waals surface area (Å²) in [4.78, 5) is 30.4. The van der Waals surface area contributed by atoms with Gasteiger partial charge in [0.25, 0.3) is 5.91 Å². The Morgan fingerprint density at radius 2 is 1.55 bits per heavy atom. The van der Waals surface area contributed by atoms with Crippen LogP contribution in [0.4, 0.5) is 5.69 Å². The molecule has 7 nitrogen and oxygen atoms in total. The van der Waals surface area contributed by atoms with Crippen molar-refractivity contribution in [2.24, 2.45) is 0 Å². The number of amides is 1. The lowest BCUT2D eigenvalue weighted by atomic mass is 9.99. The summed E-state index contributed by atoms with van der Waals surface area (Å²) in [7, 11) is 6.28. The van der Waals surface area contributed by atoms with Crippen LogP contribution in [0.2, 0.25) is 0 Å². The van der Waals surface area contributed by atoms with E-state index in [9.17, 15) is 4.79 Å². The lowest BCUT2D eigenvalue weighted by Crippen LogP contribution is -2.44. The summed E-state index contributed by atoms with van der Waals surface area (Å²) < 4.78 is 0. The predicted octanol–water partition coefficient (Wildman–Crippen LogP) is 5.12. The number of piperidine rings is 1. The highest BCUT2D eigenvalue weighted by Crippen LogP contribution is 2.33. The number of nitrogens with one attached hydrogen (secondary N) is 1. The number of aryl methyl sites for hydroxylation is 1. The quantitative estimate of drug-likeness (QED) is 0.384. The minimum absolute atomic E-state index is 0.0966. The van der Waals surface area contributed by atoms with Crippen molar-refractivity contribution in [3.63, 3.8) is 0 Å². The minimum atomic E-state index is 0.0966. The highest BCUT2D eigenvalue weighted by molar-refractivity contribution is 5.98. The molecule has 0 aliphatic carbocycles. The topological polar surface area (TPSA) is 58.7 Å². The molecule has 2 aromatic carbocycles. The van der Waals surface area contributed by atoms with Gasteiger partial charge in [-0.15, -0.1) is 0 Å². The Kier molecular flexibility index (Phi) is 7.34. The summed E-state index contributed by atoms with van der Waals surface area (Å²) in [6.07, 6.45) is 6.03. The molecule has 2 aliphatic rings. The summed E-state index contributed by atoms with van der Waals surface area (Å²) in [6, 6.07) is 17.3. The van der Waals surface area contributed by atoms with Crippen LogP contribution in [0, 0.1) is 6.92 Å². The second kappa shape index (κ2) is 11.1. The Balaban J connectivity index is 1.22. The van der Waals surface area contributed by atoms with Gasteiger partial charge in [-0.25, -0.2) is 4.98 Å². The maximum Gasteiger partial charge on any atom is 0.253 e. The molecule has 2 saturated heterocycles. The van der Waals surface area contributed by atoms with E-state index in [2.05, 4.69) is 77.1 Å². The number of anilines is 1. The molecule has 40 heavy (non-hydrogen) atoms. The van der Waals surface area contributed by atoms with Gasteiger partial charge < -0.3 is 24.6 Å². The van der Waals surface area contributed by atoms with Crippen molar-refractivity contribution < 1.29 is 4.79 Å². The number of rotatable bonds is 5. The summed E-state index contributed by atoms with van der Waals surface area (Å²) in [5.74, 6) is 0.0966. The monoisotopic (exact) mass is 536 g/mol. The second-order valence-corrected chi connectivity index (χ2v) is 11.6. The van der Waals surface area contributed by atoms with Crippen LogP contribution in [0.25, 0.3) is 33.3 Å². The van der Waals surface area contributed by atoms with Crippen molar-refractivity contribution in [1.82, 2.24) is 24.7 Å². The molecule has 7 heteroatoms. The molecule has 208 valence electrons. The zero-order valence-corrected chi connectivity index (χ0v) is 24.2. The van der Waals surface area contributed by atoms with Crippen LogP contribution in [0.5, 0.6) is 0 Å². The van der Waals surface area contributed by atoms with Crippen molar-refractivity contribution in [2.45, 2.75) is 25.8 Å². The first-order valence-electron chi connectivity index (χ1n) is 14.4. The van der Waals surface area contributed by atoms with Crippen LogP contribution >= 0.6 is 0 Å². The van der Waals surface area contributed by atoms with E-state index in [4.69, 9.17) is 4.98 Å². The highest BCUT2D eigenvalue weighted by atomic mass is 16.2. The Hall–Kier alpha value is -3.68. The lowest BCUT2D eigenvalue weighted by molar-refractivity contribution is 0.0659. The number of nitrogens with zero attached hydrogens (tertiary/aromatic N) is 5. The van der Waals surface area contributed by atoms with E-state index in [0.717, 1.165) is 85.4 Å². The van der Waals surface area contributed by atoms with Gasteiger partial charge in [-0.05, 0) is 94.0 Å². The number of hydrogen-bond donors (Lipinski definition) is 1. The van der Waals surface area contributed by atoms with Gasteiger partial charge in [0.15, 0.2) is 0 Å². The van der Waals surface area contributed by atoms with Crippen LogP contribution in [0.15, 0.2) is 60.9 Å². The van der Waals surface area contributed by atoms with Crippen LogP contribution in [-0.4, -0.2) is 97.0 Å². The number of carbonyl (C=O) groups excluding carboxylic acids is 1. The Labute approximate surface area is 237 Å². The largest absolute Gasteiger partial charge is 0.369 e. The SMILES string of the molecule is Cc1cc(-c2cnc3[nH]cc(-c4ccc(C(=O)N(C)C5CCN(C)CC5)cc4)c3c2)ccc1N1CCN(C)CC1. The van der Waals surface area contributed by atoms with Gasteiger partial charge in [0.1, 0.15) is 5.65 Å². The zero-order chi connectivity index (χ0) is 27.8. The fraction of sp³-hybridized carbons (Fsp3) is 0.394. The molecule has 1 amide bonds. The third-order valence-electron chi connectivity index (χ3n) is 8.90. The number of hydrogen-bond acceptors (Lipinski definition) is 5. The lowest BCUT2D eigenvalue weighted by Gasteiger charge is -2.35. The molecule has 0 bridgehead atoms. The number of fused-ring (bicyclic) bond motifs is 1. The molecular formula is C33H40N6O. The van der Waals surface area contributed by atoms with E-state index >= 15 is 0 Å². The summed E-state index contributed by atoms with van der Waals surface area (Å²) >= 11 is 0. The first-order valence-corrected chi connectivity index (χ1v) is 14.4. The molecule has 2 aromatic heterocycles. The van der Waals surface area contributed by atoms with E-state index in [1.54, 1.807) is 0 Å². The van der Waals surface area contributed by atoms with Crippen LogP contribution in [-0.2, 0) is 0 Å². The molecule has 2 fully saturated rings. The number of likely N-dealkylation sites (N-methyl/N-ethyl adjacent to an activating group) is 1. The summed E-state index contributed by atoms with van der Waals surface area (Å²) in [5.41, 5.74) is 8.67. The molecule has 1 N–H and O–H groups in total. The molecule has 0 atom stereocenters. The number of H-pyrrole nitrogens is 1. The number of carbonyl (C=O) groups is 1. The fourth-order valence-corrected chi connectivity index (χ4v) is 6.18. The number of aromatic nitrogens is 2. The number of benzene rings is 2. The number of aromatic amines is 1. The summed E-state index contributed by atoms with van der Waals surface area (Å²) in [6.45, 7) is 8.61. The Bertz CT molecular complexity index is 1490. The third kappa shape index (κ3) is 5.23. The molecule has 0 radical (unpaired) electrons. The van der Waals surface area contributed by atoms with Crippen LogP contribution in [0.1, 0.15) is 28.8 Å². The van der Waals surface area contributed by atoms with E-state index in [0.29, 0.717) is 6.04 Å². The van der Waals surface area contributed by atoms with Gasteiger partial charge in [-0.3, -0.25) is 4.79 Å². The van der Waals surface area contributed by atoms with Gasteiger partial charge in [0, 0.05) is 79.4 Å². The molecule has 6 rings (SSSR count). The summed E-state index contributed by atoms with van der Waals surface area (Å²) in [5, 5.41) is 1.08. The molecule has 0 unspecified atom stereocenters. The molecule has 4 heterocycles. The second-order valence-electron chi connectivity index (χ2n) is 11.6. The smallest absolute Gasteiger partial charge is 0.253 e. The van der Waals surface area contributed by atoms with Gasteiger partial charge in [0.2, 0.25) is 0 Å². The van der Waals surface area contributed by atoms with Gasteiger partial charge in [-0.1, -0.05) is 18.2 Å². The average Bonchev–Trinajstić information content (AvgIpc) is 3.41. The van der Waals surface area contributed by atoms with E-state index in [1.165, 1.54) is 16.8 Å². The number of pyridine rings is 1. The number of piperazine rings is 1. The van der Waals surface area contributed by atoms with Gasteiger partial charge in [-0.2, -0.15) is 0 Å². The van der Waals surface area contributed by atoms with Gasteiger partial charge in [0.05, 0.1) is 0 Å². The Morgan fingerprint density at radius 1 is 0.875 bits per heavy atom. The van der Waals surface area contributed by atoms with Crippen molar-refractivity contribution in [3.8, 4) is 22.3 Å². The maximum atomic E-state index is 13.2. The molecular weight excluding hydrogens is 496 g/mol. The maximum absolute atomic E-state index is 13.2. The highest BCUT2D eigenvalue weighted by Gasteiger charge is 2.25.